The summed E-state index contributed by atoms with van der Waals surface area (Å²) >= 11 is 0. The van der Waals surface area contributed by atoms with Gasteiger partial charge in [0.25, 0.3) is 0 Å². The predicted molar refractivity (Wildman–Crippen MR) is 40.0 cm³/mol. The Morgan fingerprint density at radius 1 is 1.73 bits per heavy atom. The number of carboxylic acids is 1. The van der Waals surface area contributed by atoms with E-state index in [0.29, 0.717) is 5.76 Å². The van der Waals surface area contributed by atoms with Gasteiger partial charge in [-0.3, -0.25) is 0 Å². The highest BCUT2D eigenvalue weighted by Gasteiger charge is 1.99. The fraction of sp³-hybridized carbons (Fsp3) is 0.125. The van der Waals surface area contributed by atoms with E-state index in [-0.39, 0.29) is 5.57 Å². The fourth-order valence-corrected chi connectivity index (χ4v) is 0.649. The minimum Gasteiger partial charge on any atom is -0.478 e. The van der Waals surface area contributed by atoms with Crippen LogP contribution in [-0.2, 0) is 4.79 Å². The van der Waals surface area contributed by atoms with Crippen LogP contribution in [0.4, 0.5) is 0 Å². The Labute approximate surface area is 64.0 Å². The highest BCUT2D eigenvalue weighted by Crippen LogP contribution is 2.06. The number of hydrogen-bond acceptors (Lipinski definition) is 2. The van der Waals surface area contributed by atoms with E-state index in [0.717, 1.165) is 0 Å². The number of carboxylic acid groups (broad SMARTS) is 1. The first-order valence-corrected chi connectivity index (χ1v) is 3.15. The van der Waals surface area contributed by atoms with Crippen LogP contribution in [0.25, 0.3) is 6.08 Å². The highest BCUT2D eigenvalue weighted by atomic mass is 16.4. The molecule has 0 unspecified atom stereocenters. The SMILES string of the molecule is CC(=Cc1ccco1)C(=O)O. The molecule has 1 N–H and O–H groups in total. The first-order chi connectivity index (χ1) is 5.20. The summed E-state index contributed by atoms with van der Waals surface area (Å²) in [6.07, 6.45) is 2.98. The molecule has 0 saturated heterocycles. The van der Waals surface area contributed by atoms with E-state index in [1.807, 2.05) is 0 Å². The molecule has 1 aromatic rings. The summed E-state index contributed by atoms with van der Waals surface area (Å²) in [5, 5.41) is 8.47. The van der Waals surface area contributed by atoms with Crippen LogP contribution in [0.15, 0.2) is 28.4 Å². The molecule has 0 amide bonds. The maximum atomic E-state index is 10.3. The number of rotatable bonds is 2. The topological polar surface area (TPSA) is 50.4 Å². The standard InChI is InChI=1S/C8H8O3/c1-6(8(9)10)5-7-3-2-4-11-7/h2-5H,1H3,(H,9,10). The van der Waals surface area contributed by atoms with Crippen LogP contribution in [0.1, 0.15) is 12.7 Å². The van der Waals surface area contributed by atoms with Crippen LogP contribution >= 0.6 is 0 Å². The van der Waals surface area contributed by atoms with E-state index < -0.39 is 5.97 Å². The molecule has 0 radical (unpaired) electrons. The molecule has 0 aliphatic heterocycles. The molecule has 0 saturated carbocycles. The molecule has 0 spiro atoms. The summed E-state index contributed by atoms with van der Waals surface area (Å²) < 4.78 is 4.91. The molecule has 3 heteroatoms. The molecule has 0 aromatic carbocycles. The molecule has 0 bridgehead atoms. The Hall–Kier alpha value is -1.51. The second-order valence-electron chi connectivity index (χ2n) is 2.15. The predicted octanol–water partition coefficient (Wildman–Crippen LogP) is 1.77. The van der Waals surface area contributed by atoms with Gasteiger partial charge in [0, 0.05) is 5.57 Å². The lowest BCUT2D eigenvalue weighted by Gasteiger charge is -1.88. The van der Waals surface area contributed by atoms with Crippen LogP contribution in [0, 0.1) is 0 Å². The molecule has 11 heavy (non-hydrogen) atoms. The summed E-state index contributed by atoms with van der Waals surface area (Å²) in [6.45, 7) is 1.52. The number of aliphatic carboxylic acids is 1. The van der Waals surface area contributed by atoms with Gasteiger partial charge in [-0.2, -0.15) is 0 Å². The largest absolute Gasteiger partial charge is 0.478 e. The van der Waals surface area contributed by atoms with Crippen molar-refractivity contribution in [1.29, 1.82) is 0 Å². The van der Waals surface area contributed by atoms with Gasteiger partial charge >= 0.3 is 5.97 Å². The second kappa shape index (κ2) is 3.05. The lowest BCUT2D eigenvalue weighted by atomic mass is 10.2. The summed E-state index contributed by atoms with van der Waals surface area (Å²) in [5.41, 5.74) is 0.264. The monoisotopic (exact) mass is 152 g/mol. The summed E-state index contributed by atoms with van der Waals surface area (Å²) in [7, 11) is 0. The maximum Gasteiger partial charge on any atom is 0.331 e. The molecule has 0 aliphatic carbocycles. The maximum absolute atomic E-state index is 10.3. The van der Waals surface area contributed by atoms with Gasteiger partial charge in [-0.15, -0.1) is 0 Å². The van der Waals surface area contributed by atoms with Gasteiger partial charge in [0.05, 0.1) is 6.26 Å². The average Bonchev–Trinajstić information content (AvgIpc) is 2.39. The van der Waals surface area contributed by atoms with Crippen LogP contribution in [0.5, 0.6) is 0 Å². The van der Waals surface area contributed by atoms with Gasteiger partial charge in [-0.05, 0) is 25.1 Å². The molecule has 1 aromatic heterocycles. The van der Waals surface area contributed by atoms with Crippen LogP contribution in [-0.4, -0.2) is 11.1 Å². The van der Waals surface area contributed by atoms with Crippen molar-refractivity contribution in [2.45, 2.75) is 6.92 Å². The Balaban J connectivity index is 2.82. The van der Waals surface area contributed by atoms with Gasteiger partial charge in [0.2, 0.25) is 0 Å². The zero-order chi connectivity index (χ0) is 8.27. The molecular weight excluding hydrogens is 144 g/mol. The highest BCUT2D eigenvalue weighted by molar-refractivity contribution is 5.90. The lowest BCUT2D eigenvalue weighted by Crippen LogP contribution is -1.94. The van der Waals surface area contributed by atoms with Gasteiger partial charge < -0.3 is 9.52 Å². The van der Waals surface area contributed by atoms with Gasteiger partial charge in [-0.1, -0.05) is 0 Å². The molecule has 0 aliphatic rings. The van der Waals surface area contributed by atoms with Gasteiger partial charge in [0.1, 0.15) is 5.76 Å². The number of hydrogen-bond donors (Lipinski definition) is 1. The van der Waals surface area contributed by atoms with E-state index in [9.17, 15) is 4.79 Å². The van der Waals surface area contributed by atoms with E-state index in [1.54, 1.807) is 12.1 Å². The van der Waals surface area contributed by atoms with E-state index >= 15 is 0 Å². The number of carbonyl (C=O) groups is 1. The quantitative estimate of drug-likeness (QED) is 0.657. The molecule has 1 rings (SSSR count). The van der Waals surface area contributed by atoms with Crippen molar-refractivity contribution in [1.82, 2.24) is 0 Å². The van der Waals surface area contributed by atoms with Crippen molar-refractivity contribution in [2.75, 3.05) is 0 Å². The van der Waals surface area contributed by atoms with E-state index in [2.05, 4.69) is 0 Å². The van der Waals surface area contributed by atoms with Crippen molar-refractivity contribution >= 4 is 12.0 Å². The van der Waals surface area contributed by atoms with Crippen LogP contribution in [0.2, 0.25) is 0 Å². The van der Waals surface area contributed by atoms with Crippen LogP contribution < -0.4 is 0 Å². The van der Waals surface area contributed by atoms with Gasteiger partial charge in [0.15, 0.2) is 0 Å². The van der Waals surface area contributed by atoms with Crippen LogP contribution in [0.3, 0.4) is 0 Å². The molecule has 3 nitrogen and oxygen atoms in total. The Morgan fingerprint density at radius 2 is 2.45 bits per heavy atom. The molecule has 1 heterocycles. The third-order valence-corrected chi connectivity index (χ3v) is 1.24. The Kier molecular flexibility index (Phi) is 2.11. The van der Waals surface area contributed by atoms with Gasteiger partial charge in [-0.25, -0.2) is 4.79 Å². The summed E-state index contributed by atoms with van der Waals surface area (Å²) in [4.78, 5) is 10.3. The smallest absolute Gasteiger partial charge is 0.331 e. The summed E-state index contributed by atoms with van der Waals surface area (Å²) in [6, 6.07) is 3.41. The third-order valence-electron chi connectivity index (χ3n) is 1.24. The average molecular weight is 152 g/mol. The van der Waals surface area contributed by atoms with Crippen molar-refractivity contribution in [3.05, 3.63) is 29.7 Å². The lowest BCUT2D eigenvalue weighted by molar-refractivity contribution is -0.132. The van der Waals surface area contributed by atoms with Crippen molar-refractivity contribution < 1.29 is 14.3 Å². The molecular formula is C8H8O3. The molecule has 0 fully saturated rings. The minimum absolute atomic E-state index is 0.264. The Bertz CT molecular complexity index is 270. The van der Waals surface area contributed by atoms with Crippen molar-refractivity contribution in [2.24, 2.45) is 0 Å². The van der Waals surface area contributed by atoms with Crippen molar-refractivity contribution in [3.8, 4) is 0 Å². The minimum atomic E-state index is -0.929. The third kappa shape index (κ3) is 1.97. The Morgan fingerprint density at radius 3 is 2.91 bits per heavy atom. The zero-order valence-corrected chi connectivity index (χ0v) is 6.07. The first-order valence-electron chi connectivity index (χ1n) is 3.15. The summed E-state index contributed by atoms with van der Waals surface area (Å²) in [5.74, 6) is -0.369. The van der Waals surface area contributed by atoms with Crippen molar-refractivity contribution in [3.63, 3.8) is 0 Å². The van der Waals surface area contributed by atoms with E-state index in [4.69, 9.17) is 9.52 Å². The first kappa shape index (κ1) is 7.60. The number of furan rings is 1. The molecule has 0 atom stereocenters. The van der Waals surface area contributed by atoms with E-state index in [1.165, 1.54) is 19.3 Å². The molecule has 58 valence electrons. The normalized spacial score (nSPS) is 11.5. The fourth-order valence-electron chi connectivity index (χ4n) is 0.649. The zero-order valence-electron chi connectivity index (χ0n) is 6.07. The second-order valence-corrected chi connectivity index (χ2v) is 2.15.